The fraction of sp³-hybridized carbons (Fsp3) is 0.625. The quantitative estimate of drug-likeness (QED) is 0.814. The van der Waals surface area contributed by atoms with Gasteiger partial charge in [-0.2, -0.15) is 4.31 Å². The molecule has 3 aliphatic rings. The number of nitrogens with zero attached hydrogens (tertiary/aromatic N) is 2. The first-order valence-corrected chi connectivity index (χ1v) is 9.65. The summed E-state index contributed by atoms with van der Waals surface area (Å²) in [5.41, 5.74) is 0. The van der Waals surface area contributed by atoms with Gasteiger partial charge in [-0.3, -0.25) is 4.90 Å². The Bertz CT molecular complexity index is 706. The summed E-state index contributed by atoms with van der Waals surface area (Å²) in [6.45, 7) is 5.43. The lowest BCUT2D eigenvalue weighted by atomic mass is 10.1. The van der Waals surface area contributed by atoms with Gasteiger partial charge in [0.2, 0.25) is 10.0 Å². The first-order chi connectivity index (χ1) is 11.1. The van der Waals surface area contributed by atoms with Crippen molar-refractivity contribution in [3.05, 3.63) is 18.2 Å². The van der Waals surface area contributed by atoms with Crippen molar-refractivity contribution in [2.75, 3.05) is 32.8 Å². The highest BCUT2D eigenvalue weighted by Crippen LogP contribution is 2.35. The van der Waals surface area contributed by atoms with E-state index in [0.717, 1.165) is 25.9 Å². The van der Waals surface area contributed by atoms with Crippen LogP contribution in [0.15, 0.2) is 23.1 Å². The number of sulfonamides is 1. The third-order valence-electron chi connectivity index (χ3n) is 5.00. The van der Waals surface area contributed by atoms with Crippen molar-refractivity contribution >= 4 is 10.0 Å². The molecule has 2 atom stereocenters. The number of hydrogen-bond acceptors (Lipinski definition) is 5. The zero-order valence-electron chi connectivity index (χ0n) is 13.3. The Balaban J connectivity index is 1.64. The van der Waals surface area contributed by atoms with E-state index in [4.69, 9.17) is 9.47 Å². The summed E-state index contributed by atoms with van der Waals surface area (Å²) in [6, 6.07) is 5.26. The number of rotatable bonds is 2. The van der Waals surface area contributed by atoms with Crippen LogP contribution in [0, 0.1) is 0 Å². The Morgan fingerprint density at radius 1 is 1.13 bits per heavy atom. The van der Waals surface area contributed by atoms with Crippen LogP contribution in [-0.4, -0.2) is 62.6 Å². The zero-order valence-corrected chi connectivity index (χ0v) is 14.1. The second kappa shape index (κ2) is 5.65. The van der Waals surface area contributed by atoms with E-state index in [9.17, 15) is 8.42 Å². The van der Waals surface area contributed by atoms with E-state index in [0.29, 0.717) is 42.2 Å². The normalized spacial score (nSPS) is 28.6. The summed E-state index contributed by atoms with van der Waals surface area (Å²) < 4.78 is 38.8. The van der Waals surface area contributed by atoms with Crippen molar-refractivity contribution in [3.8, 4) is 11.5 Å². The third-order valence-corrected chi connectivity index (χ3v) is 6.98. The van der Waals surface area contributed by atoms with Crippen molar-refractivity contribution < 1.29 is 17.9 Å². The molecule has 1 aromatic rings. The molecule has 3 heterocycles. The van der Waals surface area contributed by atoms with Crippen LogP contribution >= 0.6 is 0 Å². The highest BCUT2D eigenvalue weighted by atomic mass is 32.2. The predicted molar refractivity (Wildman–Crippen MR) is 85.4 cm³/mol. The lowest BCUT2D eigenvalue weighted by Gasteiger charge is -2.41. The molecule has 7 heteroatoms. The van der Waals surface area contributed by atoms with Gasteiger partial charge in [0, 0.05) is 31.2 Å². The van der Waals surface area contributed by atoms with Crippen molar-refractivity contribution in [3.63, 3.8) is 0 Å². The monoisotopic (exact) mass is 338 g/mol. The molecular formula is C16H22N2O4S. The van der Waals surface area contributed by atoms with Gasteiger partial charge in [0.15, 0.2) is 11.5 Å². The number of hydrogen-bond donors (Lipinski definition) is 0. The molecule has 0 aromatic heterocycles. The van der Waals surface area contributed by atoms with Crippen molar-refractivity contribution in [2.45, 2.75) is 36.7 Å². The molecule has 23 heavy (non-hydrogen) atoms. The maximum Gasteiger partial charge on any atom is 0.243 e. The van der Waals surface area contributed by atoms with Gasteiger partial charge >= 0.3 is 0 Å². The topological polar surface area (TPSA) is 59.1 Å². The van der Waals surface area contributed by atoms with Crippen LogP contribution in [0.2, 0.25) is 0 Å². The molecule has 2 saturated heterocycles. The van der Waals surface area contributed by atoms with Gasteiger partial charge in [-0.15, -0.1) is 0 Å². The molecule has 0 radical (unpaired) electrons. The van der Waals surface area contributed by atoms with E-state index in [1.807, 2.05) is 6.92 Å². The molecule has 0 saturated carbocycles. The van der Waals surface area contributed by atoms with Gasteiger partial charge < -0.3 is 9.47 Å². The molecular weight excluding hydrogens is 316 g/mol. The Labute approximate surface area is 137 Å². The van der Waals surface area contributed by atoms with Gasteiger partial charge in [0.05, 0.1) is 4.90 Å². The lowest BCUT2D eigenvalue weighted by Crippen LogP contribution is -2.56. The second-order valence-electron chi connectivity index (χ2n) is 6.52. The van der Waals surface area contributed by atoms with Crippen LogP contribution in [0.4, 0.5) is 0 Å². The highest BCUT2D eigenvalue weighted by molar-refractivity contribution is 7.89. The molecule has 0 unspecified atom stereocenters. The van der Waals surface area contributed by atoms with Crippen LogP contribution in [-0.2, 0) is 10.0 Å². The summed E-state index contributed by atoms with van der Waals surface area (Å²) in [7, 11) is -3.51. The highest BCUT2D eigenvalue weighted by Gasteiger charge is 2.40. The van der Waals surface area contributed by atoms with E-state index in [-0.39, 0.29) is 6.04 Å². The maximum atomic E-state index is 13.1. The molecule has 0 N–H and O–H groups in total. The van der Waals surface area contributed by atoms with Crippen LogP contribution in [0.25, 0.3) is 0 Å². The van der Waals surface area contributed by atoms with Crippen LogP contribution < -0.4 is 9.47 Å². The van der Waals surface area contributed by atoms with E-state index in [2.05, 4.69) is 4.90 Å². The molecule has 2 fully saturated rings. The lowest BCUT2D eigenvalue weighted by molar-refractivity contribution is 0.117. The Kier molecular flexibility index (Phi) is 3.74. The fourth-order valence-corrected chi connectivity index (χ4v) is 5.49. The van der Waals surface area contributed by atoms with E-state index >= 15 is 0 Å². The molecule has 126 valence electrons. The smallest absolute Gasteiger partial charge is 0.243 e. The second-order valence-corrected chi connectivity index (χ2v) is 8.41. The van der Waals surface area contributed by atoms with Gasteiger partial charge in [-0.05, 0) is 38.4 Å². The summed E-state index contributed by atoms with van der Waals surface area (Å²) >= 11 is 0. The molecule has 1 aromatic carbocycles. The average Bonchev–Trinajstić information content (AvgIpc) is 3.00. The average molecular weight is 338 g/mol. The van der Waals surface area contributed by atoms with Gasteiger partial charge in [0.25, 0.3) is 0 Å². The molecule has 4 rings (SSSR count). The maximum absolute atomic E-state index is 13.1. The molecule has 0 amide bonds. The van der Waals surface area contributed by atoms with Crippen molar-refractivity contribution in [1.29, 1.82) is 0 Å². The first kappa shape index (κ1) is 15.2. The van der Waals surface area contributed by atoms with Crippen molar-refractivity contribution in [2.24, 2.45) is 0 Å². The Hall–Kier alpha value is -1.31. The summed E-state index contributed by atoms with van der Waals surface area (Å²) in [4.78, 5) is 2.71. The van der Waals surface area contributed by atoms with Crippen molar-refractivity contribution in [1.82, 2.24) is 9.21 Å². The number of piperazine rings is 1. The van der Waals surface area contributed by atoms with Crippen LogP contribution in [0.1, 0.15) is 19.8 Å². The summed E-state index contributed by atoms with van der Waals surface area (Å²) in [5, 5.41) is 0. The van der Waals surface area contributed by atoms with E-state index in [1.165, 1.54) is 0 Å². The minimum Gasteiger partial charge on any atom is -0.486 e. The zero-order chi connectivity index (χ0) is 16.0. The molecule has 0 bridgehead atoms. The fourth-order valence-electron chi connectivity index (χ4n) is 3.81. The van der Waals surface area contributed by atoms with Gasteiger partial charge in [0.1, 0.15) is 13.2 Å². The molecule has 6 nitrogen and oxygen atoms in total. The standard InChI is InChI=1S/C16H22N2O4S/c1-12-10-17-6-2-3-13(17)11-18(12)23(19,20)14-4-5-15-16(9-14)22-8-7-21-15/h4-5,9,12-13H,2-3,6-8,10-11H2,1H3/t12-,13-/m0/s1. The number of benzene rings is 1. The number of ether oxygens (including phenoxy) is 2. The Morgan fingerprint density at radius 2 is 1.91 bits per heavy atom. The largest absolute Gasteiger partial charge is 0.486 e. The Morgan fingerprint density at radius 3 is 2.74 bits per heavy atom. The molecule has 3 aliphatic heterocycles. The SMILES string of the molecule is C[C@H]1CN2CCC[C@H]2CN1S(=O)(=O)c1ccc2c(c1)OCCO2. The first-order valence-electron chi connectivity index (χ1n) is 8.21. The minimum absolute atomic E-state index is 0.0115. The summed E-state index contributed by atoms with van der Waals surface area (Å²) in [6.07, 6.45) is 2.25. The van der Waals surface area contributed by atoms with E-state index < -0.39 is 10.0 Å². The van der Waals surface area contributed by atoms with Crippen LogP contribution in [0.5, 0.6) is 11.5 Å². The number of fused-ring (bicyclic) bond motifs is 2. The molecule has 0 spiro atoms. The predicted octanol–water partition coefficient (Wildman–Crippen LogP) is 1.31. The van der Waals surface area contributed by atoms with Gasteiger partial charge in [-0.1, -0.05) is 0 Å². The summed E-state index contributed by atoms with van der Waals surface area (Å²) in [5.74, 6) is 1.13. The minimum atomic E-state index is -3.51. The van der Waals surface area contributed by atoms with E-state index in [1.54, 1.807) is 22.5 Å². The third kappa shape index (κ3) is 2.60. The molecule has 0 aliphatic carbocycles. The van der Waals surface area contributed by atoms with Gasteiger partial charge in [-0.25, -0.2) is 8.42 Å². The van der Waals surface area contributed by atoms with Crippen LogP contribution in [0.3, 0.4) is 0 Å².